The summed E-state index contributed by atoms with van der Waals surface area (Å²) in [5, 5.41) is 15.4. The molecule has 0 radical (unpaired) electrons. The molecule has 3 N–H and O–H groups in total. The zero-order chi connectivity index (χ0) is 11.3. The molecule has 0 aromatic heterocycles. The van der Waals surface area contributed by atoms with Gasteiger partial charge < -0.3 is 15.7 Å². The van der Waals surface area contributed by atoms with Gasteiger partial charge in [-0.15, -0.1) is 0 Å². The Kier molecular flexibility index (Phi) is 4.54. The van der Waals surface area contributed by atoms with Gasteiger partial charge in [0, 0.05) is 13.1 Å². The van der Waals surface area contributed by atoms with Crippen molar-refractivity contribution in [1.82, 2.24) is 10.6 Å². The van der Waals surface area contributed by atoms with Crippen molar-refractivity contribution in [2.24, 2.45) is 5.41 Å². The van der Waals surface area contributed by atoms with Crippen molar-refractivity contribution in [3.63, 3.8) is 0 Å². The lowest BCUT2D eigenvalue weighted by Gasteiger charge is -2.32. The van der Waals surface area contributed by atoms with Gasteiger partial charge in [0.15, 0.2) is 0 Å². The molecule has 0 aliphatic carbocycles. The van der Waals surface area contributed by atoms with Gasteiger partial charge in [0.05, 0.1) is 11.5 Å². The highest BCUT2D eigenvalue weighted by molar-refractivity contribution is 5.82. The maximum Gasteiger partial charge on any atom is 0.227 e. The number of carbonyl (C=O) groups excluding carboxylic acids is 1. The van der Waals surface area contributed by atoms with E-state index in [0.29, 0.717) is 13.0 Å². The summed E-state index contributed by atoms with van der Waals surface area (Å²) >= 11 is 0. The average molecular weight is 214 g/mol. The molecule has 2 atom stereocenters. The molecule has 1 saturated heterocycles. The minimum absolute atomic E-state index is 0.0576. The number of piperidine rings is 1. The van der Waals surface area contributed by atoms with Gasteiger partial charge >= 0.3 is 0 Å². The van der Waals surface area contributed by atoms with Crippen molar-refractivity contribution in [3.8, 4) is 0 Å². The molecular formula is C11H22N2O2. The number of aliphatic hydroxyl groups excluding tert-OH is 1. The summed E-state index contributed by atoms with van der Waals surface area (Å²) in [6.07, 6.45) is 2.22. The Morgan fingerprint density at radius 1 is 1.67 bits per heavy atom. The number of aliphatic hydroxyl groups is 1. The summed E-state index contributed by atoms with van der Waals surface area (Å²) < 4.78 is 0. The van der Waals surface area contributed by atoms with Gasteiger partial charge in [-0.2, -0.15) is 0 Å². The largest absolute Gasteiger partial charge is 0.391 e. The quantitative estimate of drug-likeness (QED) is 0.629. The third kappa shape index (κ3) is 3.47. The molecule has 88 valence electrons. The number of hydrogen-bond donors (Lipinski definition) is 3. The number of hydrogen-bond acceptors (Lipinski definition) is 3. The summed E-state index contributed by atoms with van der Waals surface area (Å²) in [6, 6.07) is 0. The highest BCUT2D eigenvalue weighted by Crippen LogP contribution is 2.25. The number of carbonyl (C=O) groups is 1. The minimum atomic E-state index is -0.422. The zero-order valence-corrected chi connectivity index (χ0v) is 9.68. The van der Waals surface area contributed by atoms with Crippen LogP contribution in [0.15, 0.2) is 0 Å². The van der Waals surface area contributed by atoms with Crippen LogP contribution in [0.1, 0.15) is 33.1 Å². The first-order valence-electron chi connectivity index (χ1n) is 5.75. The zero-order valence-electron chi connectivity index (χ0n) is 9.68. The van der Waals surface area contributed by atoms with Crippen molar-refractivity contribution in [3.05, 3.63) is 0 Å². The lowest BCUT2D eigenvalue weighted by molar-refractivity contribution is -0.131. The summed E-state index contributed by atoms with van der Waals surface area (Å²) in [7, 11) is 0. The van der Waals surface area contributed by atoms with E-state index in [9.17, 15) is 9.90 Å². The fourth-order valence-electron chi connectivity index (χ4n) is 1.82. The summed E-state index contributed by atoms with van der Waals surface area (Å²) in [6.45, 7) is 5.99. The highest BCUT2D eigenvalue weighted by atomic mass is 16.3. The Morgan fingerprint density at radius 3 is 2.93 bits per heavy atom. The van der Waals surface area contributed by atoms with E-state index in [1.807, 2.05) is 13.8 Å². The van der Waals surface area contributed by atoms with Crippen LogP contribution in [0.2, 0.25) is 0 Å². The smallest absolute Gasteiger partial charge is 0.227 e. The number of nitrogens with one attached hydrogen (secondary N) is 2. The molecule has 1 aliphatic heterocycles. The molecule has 4 heteroatoms. The SMILES string of the molecule is CCC(O)CNC(=O)C1(C)CCCNC1. The van der Waals surface area contributed by atoms with Crippen molar-refractivity contribution >= 4 is 5.91 Å². The Morgan fingerprint density at radius 2 is 2.40 bits per heavy atom. The number of rotatable bonds is 4. The van der Waals surface area contributed by atoms with Crippen molar-refractivity contribution < 1.29 is 9.90 Å². The summed E-state index contributed by atoms with van der Waals surface area (Å²) in [5.41, 5.74) is -0.300. The Labute approximate surface area is 91.4 Å². The Bertz CT molecular complexity index is 213. The van der Waals surface area contributed by atoms with Crippen LogP contribution in [-0.2, 0) is 4.79 Å². The van der Waals surface area contributed by atoms with Gasteiger partial charge in [0.2, 0.25) is 5.91 Å². The van der Waals surface area contributed by atoms with Gasteiger partial charge in [0.1, 0.15) is 0 Å². The second-order valence-electron chi connectivity index (χ2n) is 4.61. The molecule has 1 fully saturated rings. The van der Waals surface area contributed by atoms with Crippen LogP contribution in [-0.4, -0.2) is 36.8 Å². The normalized spacial score (nSPS) is 28.5. The molecule has 2 unspecified atom stereocenters. The standard InChI is InChI=1S/C11H22N2O2/c1-3-9(14)7-13-10(15)11(2)5-4-6-12-8-11/h9,12,14H,3-8H2,1-2H3,(H,13,15). The van der Waals surface area contributed by atoms with E-state index in [4.69, 9.17) is 0 Å². The Hall–Kier alpha value is -0.610. The third-order valence-electron chi connectivity index (χ3n) is 3.11. The lowest BCUT2D eigenvalue weighted by atomic mass is 9.82. The van der Waals surface area contributed by atoms with Crippen LogP contribution in [0.4, 0.5) is 0 Å². The fraction of sp³-hybridized carbons (Fsp3) is 0.909. The maximum absolute atomic E-state index is 11.9. The molecule has 15 heavy (non-hydrogen) atoms. The highest BCUT2D eigenvalue weighted by Gasteiger charge is 2.34. The topological polar surface area (TPSA) is 61.4 Å². The fourth-order valence-corrected chi connectivity index (χ4v) is 1.82. The second-order valence-corrected chi connectivity index (χ2v) is 4.61. The van der Waals surface area contributed by atoms with Crippen LogP contribution in [0.3, 0.4) is 0 Å². The maximum atomic E-state index is 11.9. The average Bonchev–Trinajstić information content (AvgIpc) is 2.26. The summed E-state index contributed by atoms with van der Waals surface area (Å²) in [5.74, 6) is 0.0576. The van der Waals surface area contributed by atoms with E-state index in [0.717, 1.165) is 25.9 Å². The van der Waals surface area contributed by atoms with E-state index >= 15 is 0 Å². The molecule has 0 aromatic carbocycles. The van der Waals surface area contributed by atoms with E-state index in [-0.39, 0.29) is 11.3 Å². The van der Waals surface area contributed by atoms with Gasteiger partial charge in [0.25, 0.3) is 0 Å². The van der Waals surface area contributed by atoms with Crippen molar-refractivity contribution in [2.45, 2.75) is 39.2 Å². The van der Waals surface area contributed by atoms with Gasteiger partial charge in [-0.25, -0.2) is 0 Å². The first-order chi connectivity index (χ1) is 7.08. The van der Waals surface area contributed by atoms with Crippen LogP contribution < -0.4 is 10.6 Å². The minimum Gasteiger partial charge on any atom is -0.391 e. The lowest BCUT2D eigenvalue weighted by Crippen LogP contribution is -2.49. The third-order valence-corrected chi connectivity index (χ3v) is 3.11. The molecule has 0 saturated carbocycles. The predicted molar refractivity (Wildman–Crippen MR) is 59.5 cm³/mol. The van der Waals surface area contributed by atoms with Crippen LogP contribution in [0.25, 0.3) is 0 Å². The monoisotopic (exact) mass is 214 g/mol. The molecule has 4 nitrogen and oxygen atoms in total. The van der Waals surface area contributed by atoms with E-state index in [1.54, 1.807) is 0 Å². The molecule has 1 amide bonds. The molecule has 1 heterocycles. The van der Waals surface area contributed by atoms with E-state index in [2.05, 4.69) is 10.6 Å². The van der Waals surface area contributed by atoms with Gasteiger partial charge in [-0.3, -0.25) is 4.79 Å². The molecular weight excluding hydrogens is 192 g/mol. The van der Waals surface area contributed by atoms with Crippen molar-refractivity contribution in [1.29, 1.82) is 0 Å². The van der Waals surface area contributed by atoms with Crippen LogP contribution in [0.5, 0.6) is 0 Å². The van der Waals surface area contributed by atoms with Crippen molar-refractivity contribution in [2.75, 3.05) is 19.6 Å². The first kappa shape index (κ1) is 12.5. The van der Waals surface area contributed by atoms with E-state index in [1.165, 1.54) is 0 Å². The first-order valence-corrected chi connectivity index (χ1v) is 5.75. The van der Waals surface area contributed by atoms with Crippen LogP contribution in [0, 0.1) is 5.41 Å². The number of amides is 1. The predicted octanol–water partition coefficient (Wildman–Crippen LogP) is 0.263. The second kappa shape index (κ2) is 5.47. The van der Waals surface area contributed by atoms with Crippen LogP contribution >= 0.6 is 0 Å². The summed E-state index contributed by atoms with van der Waals surface area (Å²) in [4.78, 5) is 11.9. The van der Waals surface area contributed by atoms with E-state index < -0.39 is 6.10 Å². The van der Waals surface area contributed by atoms with Gasteiger partial charge in [-0.05, 0) is 32.7 Å². The molecule has 1 rings (SSSR count). The molecule has 0 spiro atoms. The molecule has 1 aliphatic rings. The Balaban J connectivity index is 2.37. The van der Waals surface area contributed by atoms with Gasteiger partial charge in [-0.1, -0.05) is 6.92 Å². The molecule has 0 bridgehead atoms. The molecule has 0 aromatic rings.